The summed E-state index contributed by atoms with van der Waals surface area (Å²) in [6, 6.07) is 3.96. The molecule has 3 heteroatoms. The maximum atomic E-state index is 5.47. The van der Waals surface area contributed by atoms with Gasteiger partial charge in [-0.3, -0.25) is 0 Å². The minimum absolute atomic E-state index is 0.0829. The Balaban J connectivity index is 2.10. The van der Waals surface area contributed by atoms with E-state index in [-0.39, 0.29) is 6.10 Å². The Morgan fingerprint density at radius 3 is 3.19 bits per heavy atom. The minimum Gasteiger partial charge on any atom is -0.494 e. The van der Waals surface area contributed by atoms with Crippen molar-refractivity contribution in [1.82, 2.24) is 4.98 Å². The smallest absolute Gasteiger partial charge is 0.133 e. The molecule has 1 aliphatic heterocycles. The first-order valence-corrected chi connectivity index (χ1v) is 5.20. The van der Waals surface area contributed by atoms with Gasteiger partial charge >= 0.3 is 0 Å². The second-order valence-corrected chi connectivity index (χ2v) is 3.45. The van der Waals surface area contributed by atoms with Crippen molar-refractivity contribution in [3.8, 4) is 0 Å². The summed E-state index contributed by atoms with van der Waals surface area (Å²) < 4.78 is 5.47. The van der Waals surface area contributed by atoms with Gasteiger partial charge in [0.15, 0.2) is 0 Å². The molecule has 0 aromatic carbocycles. The van der Waals surface area contributed by atoms with Gasteiger partial charge in [0.1, 0.15) is 11.9 Å². The van der Waals surface area contributed by atoms with Gasteiger partial charge in [-0.1, -0.05) is 18.7 Å². The number of anilines is 1. The molecule has 16 heavy (non-hydrogen) atoms. The lowest BCUT2D eigenvalue weighted by molar-refractivity contribution is 0.183. The molecule has 82 valence electrons. The van der Waals surface area contributed by atoms with Crippen LogP contribution in [-0.4, -0.2) is 11.1 Å². The van der Waals surface area contributed by atoms with Crippen molar-refractivity contribution in [2.75, 3.05) is 5.32 Å². The van der Waals surface area contributed by atoms with Crippen molar-refractivity contribution in [3.63, 3.8) is 0 Å². The van der Waals surface area contributed by atoms with Crippen LogP contribution >= 0.6 is 0 Å². The molecule has 0 radical (unpaired) electrons. The molecule has 1 atom stereocenters. The van der Waals surface area contributed by atoms with Crippen molar-refractivity contribution in [1.29, 1.82) is 0 Å². The Hall–Kier alpha value is -2.03. The van der Waals surface area contributed by atoms with Crippen LogP contribution < -0.4 is 5.32 Å². The largest absolute Gasteiger partial charge is 0.494 e. The number of nitrogens with zero attached hydrogens (tertiary/aromatic N) is 1. The highest BCUT2D eigenvalue weighted by Crippen LogP contribution is 2.16. The highest BCUT2D eigenvalue weighted by molar-refractivity contribution is 5.46. The molecule has 1 N–H and O–H groups in total. The summed E-state index contributed by atoms with van der Waals surface area (Å²) >= 11 is 0. The number of allylic oxidation sites excluding steroid dienone is 2. The molecule has 0 aliphatic carbocycles. The summed E-state index contributed by atoms with van der Waals surface area (Å²) in [6.07, 6.45) is 11.9. The molecule has 2 rings (SSSR count). The van der Waals surface area contributed by atoms with Crippen LogP contribution in [-0.2, 0) is 11.2 Å². The first kappa shape index (κ1) is 10.5. The van der Waals surface area contributed by atoms with E-state index in [0.29, 0.717) is 0 Å². The number of hydrogen-bond donors (Lipinski definition) is 1. The molecule has 1 aromatic heterocycles. The predicted octanol–water partition coefficient (Wildman–Crippen LogP) is 2.65. The summed E-state index contributed by atoms with van der Waals surface area (Å²) in [7, 11) is 0. The molecule has 0 saturated carbocycles. The highest BCUT2D eigenvalue weighted by Gasteiger charge is 2.10. The van der Waals surface area contributed by atoms with E-state index in [1.807, 2.05) is 30.4 Å². The third-order valence-corrected chi connectivity index (χ3v) is 2.32. The molecular weight excluding hydrogens is 200 g/mol. The van der Waals surface area contributed by atoms with E-state index in [0.717, 1.165) is 17.8 Å². The van der Waals surface area contributed by atoms with Crippen LogP contribution in [0.5, 0.6) is 0 Å². The lowest BCUT2D eigenvalue weighted by atomic mass is 10.1. The van der Waals surface area contributed by atoms with Crippen molar-refractivity contribution in [3.05, 3.63) is 61.2 Å². The van der Waals surface area contributed by atoms with Crippen molar-refractivity contribution in [2.24, 2.45) is 0 Å². The fourth-order valence-electron chi connectivity index (χ4n) is 1.59. The molecule has 2 heterocycles. The summed E-state index contributed by atoms with van der Waals surface area (Å²) in [5, 5.41) is 3.02. The minimum atomic E-state index is 0.0829. The first-order chi connectivity index (χ1) is 7.90. The number of rotatable bonds is 4. The average Bonchev–Trinajstić information content (AvgIpc) is 2.33. The maximum absolute atomic E-state index is 5.47. The molecule has 1 unspecified atom stereocenters. The van der Waals surface area contributed by atoms with E-state index in [1.54, 1.807) is 18.7 Å². The zero-order valence-corrected chi connectivity index (χ0v) is 8.97. The van der Waals surface area contributed by atoms with Crippen molar-refractivity contribution >= 4 is 5.82 Å². The third kappa shape index (κ3) is 2.51. The van der Waals surface area contributed by atoms with Crippen molar-refractivity contribution in [2.45, 2.75) is 12.5 Å². The SMILES string of the molecule is C=CNc1ncccc1CC1C=CC=CO1. The molecule has 1 aromatic rings. The van der Waals surface area contributed by atoms with Gasteiger partial charge in [-0.15, -0.1) is 0 Å². The van der Waals surface area contributed by atoms with Crippen LogP contribution in [0, 0.1) is 0 Å². The Kier molecular flexibility index (Phi) is 3.38. The topological polar surface area (TPSA) is 34.2 Å². The van der Waals surface area contributed by atoms with E-state index in [1.165, 1.54) is 0 Å². The number of pyridine rings is 1. The van der Waals surface area contributed by atoms with Gasteiger partial charge in [-0.05, 0) is 30.0 Å². The van der Waals surface area contributed by atoms with Gasteiger partial charge in [0.25, 0.3) is 0 Å². The fraction of sp³-hybridized carbons (Fsp3) is 0.154. The van der Waals surface area contributed by atoms with Crippen LogP contribution in [0.1, 0.15) is 5.56 Å². The maximum Gasteiger partial charge on any atom is 0.133 e. The second kappa shape index (κ2) is 5.16. The lowest BCUT2D eigenvalue weighted by Gasteiger charge is -2.16. The molecular formula is C13H14N2O. The quantitative estimate of drug-likeness (QED) is 0.836. The predicted molar refractivity (Wildman–Crippen MR) is 64.9 cm³/mol. The molecule has 0 amide bonds. The Bertz CT molecular complexity index is 424. The van der Waals surface area contributed by atoms with Gasteiger partial charge in [0, 0.05) is 12.6 Å². The molecule has 0 saturated heterocycles. The van der Waals surface area contributed by atoms with Gasteiger partial charge in [-0.25, -0.2) is 4.98 Å². The number of nitrogens with one attached hydrogen (secondary N) is 1. The van der Waals surface area contributed by atoms with Crippen molar-refractivity contribution < 1.29 is 4.74 Å². The highest BCUT2D eigenvalue weighted by atomic mass is 16.5. The molecule has 0 fully saturated rings. The molecule has 0 bridgehead atoms. The zero-order valence-electron chi connectivity index (χ0n) is 8.97. The standard InChI is InChI=1S/C13H14N2O/c1-2-14-13-11(6-5-8-15-13)10-12-7-3-4-9-16-12/h2-9,12H,1,10H2,(H,14,15). The van der Waals surface area contributed by atoms with E-state index in [9.17, 15) is 0 Å². The second-order valence-electron chi connectivity index (χ2n) is 3.45. The van der Waals surface area contributed by atoms with Crippen LogP contribution in [0.15, 0.2) is 55.6 Å². The van der Waals surface area contributed by atoms with Crippen LogP contribution in [0.4, 0.5) is 5.82 Å². The molecule has 1 aliphatic rings. The van der Waals surface area contributed by atoms with E-state index < -0.39 is 0 Å². The van der Waals surface area contributed by atoms with Crippen LogP contribution in [0.25, 0.3) is 0 Å². The zero-order chi connectivity index (χ0) is 11.2. The Morgan fingerprint density at radius 2 is 2.44 bits per heavy atom. The monoisotopic (exact) mass is 214 g/mol. The van der Waals surface area contributed by atoms with Gasteiger partial charge in [0.05, 0.1) is 6.26 Å². The lowest BCUT2D eigenvalue weighted by Crippen LogP contribution is -2.13. The van der Waals surface area contributed by atoms with Crippen LogP contribution in [0.2, 0.25) is 0 Å². The van der Waals surface area contributed by atoms with E-state index in [2.05, 4.69) is 16.9 Å². The number of aromatic nitrogens is 1. The van der Waals surface area contributed by atoms with Gasteiger partial charge in [-0.2, -0.15) is 0 Å². The Labute approximate surface area is 95.2 Å². The molecule has 3 nitrogen and oxygen atoms in total. The van der Waals surface area contributed by atoms with E-state index in [4.69, 9.17) is 4.74 Å². The number of hydrogen-bond acceptors (Lipinski definition) is 3. The normalized spacial score (nSPS) is 17.9. The summed E-state index contributed by atoms with van der Waals surface area (Å²) in [5.41, 5.74) is 1.12. The van der Waals surface area contributed by atoms with Gasteiger partial charge < -0.3 is 10.1 Å². The summed E-state index contributed by atoms with van der Waals surface area (Å²) in [6.45, 7) is 3.64. The fourth-order valence-corrected chi connectivity index (χ4v) is 1.59. The first-order valence-electron chi connectivity index (χ1n) is 5.20. The third-order valence-electron chi connectivity index (χ3n) is 2.32. The summed E-state index contributed by atoms with van der Waals surface area (Å²) in [4.78, 5) is 4.25. The van der Waals surface area contributed by atoms with Crippen LogP contribution in [0.3, 0.4) is 0 Å². The average molecular weight is 214 g/mol. The van der Waals surface area contributed by atoms with Gasteiger partial charge in [0.2, 0.25) is 0 Å². The van der Waals surface area contributed by atoms with E-state index >= 15 is 0 Å². The number of ether oxygens (including phenoxy) is 1. The molecule has 0 spiro atoms. The summed E-state index contributed by atoms with van der Waals surface area (Å²) in [5.74, 6) is 0.837. The Morgan fingerprint density at radius 1 is 1.50 bits per heavy atom.